The molecule has 2 heterocycles. The van der Waals surface area contributed by atoms with Crippen LogP contribution in [-0.2, 0) is 16.1 Å². The number of hydrogen-bond acceptors (Lipinski definition) is 4. The van der Waals surface area contributed by atoms with E-state index in [4.69, 9.17) is 11.6 Å². The molecule has 0 bridgehead atoms. The first kappa shape index (κ1) is 24.7. The van der Waals surface area contributed by atoms with Gasteiger partial charge in [-0.25, -0.2) is 4.90 Å². The number of nitrogens with one attached hydrogen (secondary N) is 2. The number of anilines is 2. The van der Waals surface area contributed by atoms with Gasteiger partial charge < -0.3 is 15.1 Å². The zero-order valence-corrected chi connectivity index (χ0v) is 21.3. The van der Waals surface area contributed by atoms with Crippen molar-refractivity contribution < 1.29 is 19.3 Å². The van der Waals surface area contributed by atoms with E-state index in [-0.39, 0.29) is 16.6 Å². The van der Waals surface area contributed by atoms with Crippen LogP contribution in [0.25, 0.3) is 0 Å². The largest absolute Gasteiger partial charge is 0.350 e. The van der Waals surface area contributed by atoms with E-state index in [1.807, 2.05) is 42.2 Å². The second kappa shape index (κ2) is 10.6. The van der Waals surface area contributed by atoms with Crippen molar-refractivity contribution in [3.05, 3.63) is 106 Å². The summed E-state index contributed by atoms with van der Waals surface area (Å²) < 4.78 is 0. The van der Waals surface area contributed by atoms with Crippen molar-refractivity contribution in [3.63, 3.8) is 0 Å². The number of aryl methyl sites for hydroxylation is 1. The summed E-state index contributed by atoms with van der Waals surface area (Å²) in [5, 5.41) is 2.81. The Kier molecular flexibility index (Phi) is 7.08. The fourth-order valence-electron chi connectivity index (χ4n) is 4.79. The molecule has 5 rings (SSSR count). The highest BCUT2D eigenvalue weighted by molar-refractivity contribution is 6.53. The highest BCUT2D eigenvalue weighted by Crippen LogP contribution is 2.32. The number of halogens is 1. The Balaban J connectivity index is 1.25. The molecule has 0 radical (unpaired) electrons. The molecule has 0 aliphatic carbocycles. The van der Waals surface area contributed by atoms with Crippen LogP contribution in [0.5, 0.6) is 0 Å². The van der Waals surface area contributed by atoms with Gasteiger partial charge in [0.25, 0.3) is 17.7 Å². The predicted octanol–water partition coefficient (Wildman–Crippen LogP) is 2.97. The maximum Gasteiger partial charge on any atom is 0.283 e. The van der Waals surface area contributed by atoms with Gasteiger partial charge in [-0.2, -0.15) is 0 Å². The van der Waals surface area contributed by atoms with Gasteiger partial charge in [-0.05, 0) is 36.8 Å². The van der Waals surface area contributed by atoms with Crippen LogP contribution in [0.3, 0.4) is 0 Å². The number of piperazine rings is 1. The Labute approximate surface area is 220 Å². The summed E-state index contributed by atoms with van der Waals surface area (Å²) in [6.07, 6.45) is 0. The summed E-state index contributed by atoms with van der Waals surface area (Å²) in [6, 6.07) is 24.5. The summed E-state index contributed by atoms with van der Waals surface area (Å²) in [7, 11) is 0. The molecule has 2 aliphatic rings. The Morgan fingerprint density at radius 2 is 1.62 bits per heavy atom. The second-order valence-electron chi connectivity index (χ2n) is 9.33. The van der Waals surface area contributed by atoms with Crippen molar-refractivity contribution in [2.45, 2.75) is 13.5 Å². The summed E-state index contributed by atoms with van der Waals surface area (Å²) in [5.41, 5.74) is 3.60. The van der Waals surface area contributed by atoms with Gasteiger partial charge >= 0.3 is 0 Å². The van der Waals surface area contributed by atoms with Crippen molar-refractivity contribution in [3.8, 4) is 0 Å². The number of carbonyl (C=O) groups is 3. The Bertz CT molecular complexity index is 1380. The van der Waals surface area contributed by atoms with Gasteiger partial charge in [0.1, 0.15) is 17.3 Å². The first-order valence-corrected chi connectivity index (χ1v) is 12.7. The van der Waals surface area contributed by atoms with Crippen LogP contribution in [0.15, 0.2) is 89.6 Å². The fraction of sp³-hybridized carbons (Fsp3) is 0.207. The smallest absolute Gasteiger partial charge is 0.283 e. The van der Waals surface area contributed by atoms with Crippen molar-refractivity contribution in [1.82, 2.24) is 4.90 Å². The van der Waals surface area contributed by atoms with Crippen molar-refractivity contribution in [1.29, 1.82) is 0 Å². The number of para-hydroxylation sites is 1. The van der Waals surface area contributed by atoms with E-state index in [2.05, 4.69) is 17.4 Å². The number of hydrogen-bond donors (Lipinski definition) is 2. The molecule has 0 spiro atoms. The Morgan fingerprint density at radius 3 is 2.35 bits per heavy atom. The maximum absolute atomic E-state index is 13.2. The van der Waals surface area contributed by atoms with Crippen molar-refractivity contribution in [2.75, 3.05) is 36.4 Å². The lowest BCUT2D eigenvalue weighted by Crippen LogP contribution is -3.13. The van der Waals surface area contributed by atoms with Crippen molar-refractivity contribution >= 4 is 40.7 Å². The van der Waals surface area contributed by atoms with E-state index in [0.717, 1.165) is 30.1 Å². The molecule has 0 aromatic heterocycles. The van der Waals surface area contributed by atoms with Gasteiger partial charge in [0.15, 0.2) is 0 Å². The topological polar surface area (TPSA) is 74.2 Å². The second-order valence-corrected chi connectivity index (χ2v) is 9.71. The van der Waals surface area contributed by atoms with Crippen LogP contribution in [0.2, 0.25) is 0 Å². The van der Waals surface area contributed by atoms with Crippen LogP contribution >= 0.6 is 11.6 Å². The van der Waals surface area contributed by atoms with Crippen molar-refractivity contribution in [2.24, 2.45) is 0 Å². The lowest BCUT2D eigenvalue weighted by molar-refractivity contribution is -0.917. The summed E-state index contributed by atoms with van der Waals surface area (Å²) in [5.74, 6) is -1.16. The van der Waals surface area contributed by atoms with Gasteiger partial charge in [0.2, 0.25) is 0 Å². The molecule has 2 aliphatic heterocycles. The molecule has 8 heteroatoms. The maximum atomic E-state index is 13.2. The molecule has 3 amide bonds. The van der Waals surface area contributed by atoms with Crippen LogP contribution in [0, 0.1) is 6.92 Å². The van der Waals surface area contributed by atoms with E-state index >= 15 is 0 Å². The van der Waals surface area contributed by atoms with E-state index in [1.54, 1.807) is 36.4 Å². The quantitative estimate of drug-likeness (QED) is 0.495. The average molecular weight is 516 g/mol. The summed E-state index contributed by atoms with van der Waals surface area (Å²) in [4.78, 5) is 43.6. The monoisotopic (exact) mass is 515 g/mol. The van der Waals surface area contributed by atoms with E-state index in [0.29, 0.717) is 30.0 Å². The number of amides is 3. The predicted molar refractivity (Wildman–Crippen MR) is 143 cm³/mol. The van der Waals surface area contributed by atoms with E-state index in [9.17, 15) is 14.4 Å². The molecule has 1 saturated heterocycles. The summed E-state index contributed by atoms with van der Waals surface area (Å²) in [6.45, 7) is 5.89. The number of carbonyl (C=O) groups excluding carboxylic acids is 3. The average Bonchev–Trinajstić information content (AvgIpc) is 3.13. The van der Waals surface area contributed by atoms with Gasteiger partial charge in [0.05, 0.1) is 31.9 Å². The highest BCUT2D eigenvalue weighted by atomic mass is 35.5. The lowest BCUT2D eigenvalue weighted by atomic mass is 10.1. The van der Waals surface area contributed by atoms with Gasteiger partial charge in [-0.1, -0.05) is 66.2 Å². The minimum atomic E-state index is -0.577. The molecule has 188 valence electrons. The standard InChI is InChI=1S/C29H27ClN4O3/c1-20-8-5-6-13-24(20)34-28(36)25(30)26(29(34)37)31-23-12-7-11-22(18-23)27(35)33-16-14-32(15-17-33)19-21-9-3-2-4-10-21/h2-13,18,31H,14-17,19H2,1H3/p+1. The van der Waals surface area contributed by atoms with E-state index < -0.39 is 11.8 Å². The molecular weight excluding hydrogens is 488 g/mol. The minimum Gasteiger partial charge on any atom is -0.350 e. The molecule has 0 saturated carbocycles. The molecule has 37 heavy (non-hydrogen) atoms. The van der Waals surface area contributed by atoms with Gasteiger partial charge in [0, 0.05) is 16.8 Å². The third-order valence-corrected chi connectivity index (χ3v) is 7.17. The molecular formula is C29H28ClN4O3+. The first-order chi connectivity index (χ1) is 17.9. The Hall–Kier alpha value is -3.94. The number of nitrogens with zero attached hydrogens (tertiary/aromatic N) is 2. The van der Waals surface area contributed by atoms with E-state index in [1.165, 1.54) is 10.5 Å². The molecule has 0 atom stereocenters. The Morgan fingerprint density at radius 1 is 0.919 bits per heavy atom. The number of imide groups is 1. The molecule has 7 nitrogen and oxygen atoms in total. The molecule has 1 fully saturated rings. The number of quaternary nitrogens is 1. The molecule has 3 aromatic rings. The SMILES string of the molecule is Cc1ccccc1N1C(=O)C(Cl)=C(Nc2cccc(C(=O)N3CC[NH+](Cc4ccccc4)CC3)c2)C1=O. The fourth-order valence-corrected chi connectivity index (χ4v) is 5.00. The molecule has 0 unspecified atom stereocenters. The third-order valence-electron chi connectivity index (χ3n) is 6.82. The van der Waals surface area contributed by atoms with Crippen LogP contribution in [-0.4, -0.2) is 48.8 Å². The minimum absolute atomic E-state index is 0.00218. The molecule has 3 aromatic carbocycles. The van der Waals surface area contributed by atoms with Crippen LogP contribution in [0.1, 0.15) is 21.5 Å². The normalized spacial score (nSPS) is 16.5. The van der Waals surface area contributed by atoms with Crippen LogP contribution < -0.4 is 15.1 Å². The lowest BCUT2D eigenvalue weighted by Gasteiger charge is -2.32. The van der Waals surface area contributed by atoms with Crippen LogP contribution in [0.4, 0.5) is 11.4 Å². The van der Waals surface area contributed by atoms with Gasteiger partial charge in [-0.3, -0.25) is 14.4 Å². The zero-order chi connectivity index (χ0) is 25.9. The van der Waals surface area contributed by atoms with Gasteiger partial charge in [-0.15, -0.1) is 0 Å². The third kappa shape index (κ3) is 5.14. The summed E-state index contributed by atoms with van der Waals surface area (Å²) >= 11 is 6.29. The number of benzene rings is 3. The highest BCUT2D eigenvalue weighted by Gasteiger charge is 2.39. The first-order valence-electron chi connectivity index (χ1n) is 12.3. The molecule has 2 N–H and O–H groups in total. The number of rotatable bonds is 6. The zero-order valence-electron chi connectivity index (χ0n) is 20.5.